The van der Waals surface area contributed by atoms with Crippen LogP contribution in [0.25, 0.3) is 0 Å². The first-order valence-electron chi connectivity index (χ1n) is 5.65. The highest BCUT2D eigenvalue weighted by Gasteiger charge is 2.43. The van der Waals surface area contributed by atoms with Gasteiger partial charge in [0.15, 0.2) is 0 Å². The largest absolute Gasteiger partial charge is 0.462 e. The average Bonchev–Trinajstić information content (AvgIpc) is 2.39. The predicted octanol–water partition coefficient (Wildman–Crippen LogP) is 0.374. The van der Waals surface area contributed by atoms with Crippen LogP contribution in [0.3, 0.4) is 0 Å². The molecule has 0 radical (unpaired) electrons. The van der Waals surface area contributed by atoms with Crippen LogP contribution in [0.5, 0.6) is 0 Å². The standard InChI is InChI=1S/C11H17NO4/c1-6(13)15-9-3-8-4-11(16-7(2)14)10(5-9)12-8/h8-12H,3-5H2,1-2H3. The third kappa shape index (κ3) is 2.52. The van der Waals surface area contributed by atoms with E-state index in [0.717, 1.165) is 19.3 Å². The van der Waals surface area contributed by atoms with E-state index in [4.69, 9.17) is 9.47 Å². The normalized spacial score (nSPS) is 36.9. The van der Waals surface area contributed by atoms with Crippen molar-refractivity contribution in [1.29, 1.82) is 0 Å². The number of esters is 2. The summed E-state index contributed by atoms with van der Waals surface area (Å²) < 4.78 is 10.4. The fourth-order valence-electron chi connectivity index (χ4n) is 2.68. The molecule has 0 aromatic heterocycles. The Hall–Kier alpha value is -1.10. The van der Waals surface area contributed by atoms with E-state index in [1.165, 1.54) is 13.8 Å². The predicted molar refractivity (Wildman–Crippen MR) is 55.7 cm³/mol. The van der Waals surface area contributed by atoms with Crippen molar-refractivity contribution in [1.82, 2.24) is 5.32 Å². The first-order chi connectivity index (χ1) is 7.54. The van der Waals surface area contributed by atoms with Crippen molar-refractivity contribution in [2.45, 2.75) is 57.4 Å². The van der Waals surface area contributed by atoms with Gasteiger partial charge in [-0.1, -0.05) is 0 Å². The molecule has 2 aliphatic heterocycles. The van der Waals surface area contributed by atoms with Crippen molar-refractivity contribution in [3.63, 3.8) is 0 Å². The molecular weight excluding hydrogens is 210 g/mol. The van der Waals surface area contributed by atoms with E-state index in [-0.39, 0.29) is 30.2 Å². The molecule has 5 nitrogen and oxygen atoms in total. The Labute approximate surface area is 94.5 Å². The Morgan fingerprint density at radius 1 is 1.06 bits per heavy atom. The minimum Gasteiger partial charge on any atom is -0.462 e. The van der Waals surface area contributed by atoms with Crippen molar-refractivity contribution >= 4 is 11.9 Å². The number of carbonyl (C=O) groups excluding carboxylic acids is 2. The van der Waals surface area contributed by atoms with Crippen molar-refractivity contribution in [2.75, 3.05) is 0 Å². The van der Waals surface area contributed by atoms with Gasteiger partial charge in [-0.2, -0.15) is 0 Å². The maximum absolute atomic E-state index is 10.9. The smallest absolute Gasteiger partial charge is 0.302 e. The molecule has 5 heteroatoms. The van der Waals surface area contributed by atoms with Crippen molar-refractivity contribution in [3.8, 4) is 0 Å². The van der Waals surface area contributed by atoms with Gasteiger partial charge in [-0.05, 0) is 6.42 Å². The summed E-state index contributed by atoms with van der Waals surface area (Å²) in [5.74, 6) is -0.487. The second-order valence-electron chi connectivity index (χ2n) is 4.56. The molecular formula is C11H17NO4. The van der Waals surface area contributed by atoms with Crippen LogP contribution in [-0.2, 0) is 19.1 Å². The summed E-state index contributed by atoms with van der Waals surface area (Å²) in [6, 6.07) is 0.430. The van der Waals surface area contributed by atoms with E-state index < -0.39 is 0 Å². The lowest BCUT2D eigenvalue weighted by Gasteiger charge is -2.29. The fourth-order valence-corrected chi connectivity index (χ4v) is 2.68. The lowest BCUT2D eigenvalue weighted by Crippen LogP contribution is -2.44. The number of carbonyl (C=O) groups is 2. The van der Waals surface area contributed by atoms with Gasteiger partial charge in [0.25, 0.3) is 0 Å². The zero-order valence-corrected chi connectivity index (χ0v) is 9.56. The number of hydrogen-bond donors (Lipinski definition) is 1. The highest BCUT2D eigenvalue weighted by Crippen LogP contribution is 2.30. The molecule has 2 aliphatic rings. The Morgan fingerprint density at radius 3 is 2.38 bits per heavy atom. The number of fused-ring (bicyclic) bond motifs is 2. The summed E-state index contributed by atoms with van der Waals surface area (Å²) in [5.41, 5.74) is 0. The molecule has 4 atom stereocenters. The molecule has 4 unspecified atom stereocenters. The average molecular weight is 227 g/mol. The third-order valence-corrected chi connectivity index (χ3v) is 3.13. The molecule has 16 heavy (non-hydrogen) atoms. The minimum absolute atomic E-state index is 0.0330. The maximum Gasteiger partial charge on any atom is 0.302 e. The van der Waals surface area contributed by atoms with E-state index in [0.29, 0.717) is 6.04 Å². The quantitative estimate of drug-likeness (QED) is 0.691. The van der Waals surface area contributed by atoms with Crippen LogP contribution >= 0.6 is 0 Å². The Morgan fingerprint density at radius 2 is 1.75 bits per heavy atom. The molecule has 2 rings (SSSR count). The molecule has 0 aromatic rings. The summed E-state index contributed by atoms with van der Waals surface area (Å²) in [5, 5.41) is 3.38. The summed E-state index contributed by atoms with van der Waals surface area (Å²) in [6.07, 6.45) is 2.27. The van der Waals surface area contributed by atoms with Crippen molar-refractivity contribution < 1.29 is 19.1 Å². The number of ether oxygens (including phenoxy) is 2. The van der Waals surface area contributed by atoms with Crippen LogP contribution < -0.4 is 5.32 Å². The first kappa shape index (κ1) is 11.4. The zero-order valence-electron chi connectivity index (χ0n) is 9.56. The molecule has 0 saturated carbocycles. The number of rotatable bonds is 2. The van der Waals surface area contributed by atoms with E-state index in [9.17, 15) is 9.59 Å². The molecule has 0 amide bonds. The fraction of sp³-hybridized carbons (Fsp3) is 0.818. The summed E-state index contributed by atoms with van der Waals surface area (Å²) in [7, 11) is 0. The van der Waals surface area contributed by atoms with E-state index in [1.54, 1.807) is 0 Å². The van der Waals surface area contributed by atoms with Crippen LogP contribution in [-0.4, -0.2) is 36.2 Å². The number of piperidine rings is 1. The molecule has 2 heterocycles. The van der Waals surface area contributed by atoms with Gasteiger partial charge in [0.1, 0.15) is 12.2 Å². The van der Waals surface area contributed by atoms with Gasteiger partial charge < -0.3 is 14.8 Å². The maximum atomic E-state index is 10.9. The Kier molecular flexibility index (Phi) is 3.14. The molecule has 2 bridgehead atoms. The van der Waals surface area contributed by atoms with Gasteiger partial charge in [0.05, 0.1) is 0 Å². The van der Waals surface area contributed by atoms with Crippen LogP contribution in [0.4, 0.5) is 0 Å². The molecule has 2 fully saturated rings. The first-order valence-corrected chi connectivity index (χ1v) is 5.65. The highest BCUT2D eigenvalue weighted by atomic mass is 16.6. The highest BCUT2D eigenvalue weighted by molar-refractivity contribution is 5.66. The monoisotopic (exact) mass is 227 g/mol. The van der Waals surface area contributed by atoms with E-state index in [1.807, 2.05) is 0 Å². The van der Waals surface area contributed by atoms with E-state index in [2.05, 4.69) is 5.32 Å². The Balaban J connectivity index is 1.92. The summed E-state index contributed by atoms with van der Waals surface area (Å²) in [4.78, 5) is 21.8. The molecule has 1 N–H and O–H groups in total. The van der Waals surface area contributed by atoms with Crippen molar-refractivity contribution in [2.24, 2.45) is 0 Å². The zero-order chi connectivity index (χ0) is 11.7. The SMILES string of the molecule is CC(=O)OC1CC2CC(OC(C)=O)C(C1)N2. The van der Waals surface area contributed by atoms with E-state index >= 15 is 0 Å². The minimum atomic E-state index is -0.247. The topological polar surface area (TPSA) is 64.6 Å². The van der Waals surface area contributed by atoms with Gasteiger partial charge >= 0.3 is 11.9 Å². The van der Waals surface area contributed by atoms with Gasteiger partial charge in [-0.3, -0.25) is 9.59 Å². The second-order valence-corrected chi connectivity index (χ2v) is 4.56. The van der Waals surface area contributed by atoms with Gasteiger partial charge in [-0.25, -0.2) is 0 Å². The van der Waals surface area contributed by atoms with Gasteiger partial charge in [0.2, 0.25) is 0 Å². The second kappa shape index (κ2) is 4.41. The molecule has 0 aromatic carbocycles. The van der Waals surface area contributed by atoms with Crippen LogP contribution in [0.1, 0.15) is 33.1 Å². The van der Waals surface area contributed by atoms with Crippen LogP contribution in [0.15, 0.2) is 0 Å². The molecule has 0 spiro atoms. The van der Waals surface area contributed by atoms with Gasteiger partial charge in [0, 0.05) is 38.8 Å². The molecule has 0 aliphatic carbocycles. The lowest BCUT2D eigenvalue weighted by atomic mass is 10.0. The third-order valence-electron chi connectivity index (χ3n) is 3.13. The summed E-state index contributed by atoms with van der Waals surface area (Å²) in [6.45, 7) is 2.85. The summed E-state index contributed by atoms with van der Waals surface area (Å²) >= 11 is 0. The molecule has 90 valence electrons. The number of hydrogen-bond acceptors (Lipinski definition) is 5. The van der Waals surface area contributed by atoms with Crippen LogP contribution in [0.2, 0.25) is 0 Å². The Bertz CT molecular complexity index is 302. The van der Waals surface area contributed by atoms with Crippen LogP contribution in [0, 0.1) is 0 Å². The lowest BCUT2D eigenvalue weighted by molar-refractivity contribution is -0.151. The molecule has 2 saturated heterocycles. The van der Waals surface area contributed by atoms with Crippen molar-refractivity contribution in [3.05, 3.63) is 0 Å². The number of nitrogens with one attached hydrogen (secondary N) is 1. The van der Waals surface area contributed by atoms with Gasteiger partial charge in [-0.15, -0.1) is 0 Å².